The lowest BCUT2D eigenvalue weighted by atomic mass is 9.87. The average Bonchev–Trinajstić information content (AvgIpc) is 2.52. The minimum atomic E-state index is -0.741. The van der Waals surface area contributed by atoms with Crippen molar-refractivity contribution in [1.29, 1.82) is 0 Å². The van der Waals surface area contributed by atoms with E-state index in [1.807, 2.05) is 44.2 Å². The monoisotopic (exact) mass is 290 g/mol. The van der Waals surface area contributed by atoms with Gasteiger partial charge in [-0.3, -0.25) is 9.59 Å². The Morgan fingerprint density at radius 3 is 2.48 bits per heavy atom. The van der Waals surface area contributed by atoms with Crippen LogP contribution in [-0.2, 0) is 9.59 Å². The zero-order valence-electron chi connectivity index (χ0n) is 12.6. The lowest BCUT2D eigenvalue weighted by molar-refractivity contribution is -0.154. The summed E-state index contributed by atoms with van der Waals surface area (Å²) in [4.78, 5) is 26.1. The predicted molar refractivity (Wildman–Crippen MR) is 80.0 cm³/mol. The van der Waals surface area contributed by atoms with Crippen molar-refractivity contribution in [3.63, 3.8) is 0 Å². The Bertz CT molecular complexity index is 498. The minimum Gasteiger partial charge on any atom is -0.492 e. The zero-order valence-corrected chi connectivity index (χ0v) is 12.6. The van der Waals surface area contributed by atoms with Crippen LogP contribution in [0, 0.1) is 0 Å². The average molecular weight is 290 g/mol. The van der Waals surface area contributed by atoms with Crippen molar-refractivity contribution < 1.29 is 14.3 Å². The Kier molecular flexibility index (Phi) is 4.83. The van der Waals surface area contributed by atoms with Gasteiger partial charge in [-0.05, 0) is 25.0 Å². The quantitative estimate of drug-likeness (QED) is 0.865. The fourth-order valence-electron chi connectivity index (χ4n) is 2.84. The second-order valence-corrected chi connectivity index (χ2v) is 5.13. The van der Waals surface area contributed by atoms with Crippen LogP contribution in [-0.4, -0.2) is 41.9 Å². The Hall–Kier alpha value is -2.04. The Labute approximate surface area is 125 Å². The van der Waals surface area contributed by atoms with Crippen molar-refractivity contribution in [1.82, 2.24) is 10.2 Å². The van der Waals surface area contributed by atoms with Gasteiger partial charge in [0.15, 0.2) is 0 Å². The molecule has 21 heavy (non-hydrogen) atoms. The van der Waals surface area contributed by atoms with Crippen molar-refractivity contribution in [3.05, 3.63) is 30.3 Å². The highest BCUT2D eigenvalue weighted by Gasteiger charge is 2.46. The molecule has 5 nitrogen and oxygen atoms in total. The molecule has 0 saturated carbocycles. The van der Waals surface area contributed by atoms with E-state index < -0.39 is 5.54 Å². The molecule has 2 rings (SSSR count). The number of amides is 2. The summed E-state index contributed by atoms with van der Waals surface area (Å²) in [6, 6.07) is 9.47. The summed E-state index contributed by atoms with van der Waals surface area (Å²) >= 11 is 0. The van der Waals surface area contributed by atoms with Crippen LogP contribution in [0.25, 0.3) is 0 Å². The molecule has 0 bridgehead atoms. The minimum absolute atomic E-state index is 0.0463. The molecule has 2 amide bonds. The highest BCUT2D eigenvalue weighted by Crippen LogP contribution is 2.27. The number of nitrogens with zero attached hydrogens (tertiary/aromatic N) is 1. The van der Waals surface area contributed by atoms with Gasteiger partial charge in [0.2, 0.25) is 11.8 Å². The van der Waals surface area contributed by atoms with Gasteiger partial charge < -0.3 is 15.0 Å². The first-order valence-corrected chi connectivity index (χ1v) is 7.40. The highest BCUT2D eigenvalue weighted by molar-refractivity contribution is 5.97. The summed E-state index contributed by atoms with van der Waals surface area (Å²) in [5.41, 5.74) is -0.741. The molecule has 0 atom stereocenters. The molecule has 5 heteroatoms. The lowest BCUT2D eigenvalue weighted by Crippen LogP contribution is -2.67. The number of piperazine rings is 1. The molecule has 1 aromatic carbocycles. The van der Waals surface area contributed by atoms with E-state index in [0.29, 0.717) is 26.0 Å². The molecule has 1 aromatic rings. The zero-order chi connectivity index (χ0) is 15.3. The van der Waals surface area contributed by atoms with E-state index in [1.54, 1.807) is 4.90 Å². The van der Waals surface area contributed by atoms with Crippen LogP contribution in [0.5, 0.6) is 5.75 Å². The third kappa shape index (κ3) is 3.01. The smallest absolute Gasteiger partial charge is 0.246 e. The Balaban J connectivity index is 2.04. The summed E-state index contributed by atoms with van der Waals surface area (Å²) < 4.78 is 5.65. The molecular weight excluding hydrogens is 268 g/mol. The molecular formula is C16H22N2O3. The molecule has 0 unspecified atom stereocenters. The first-order valence-electron chi connectivity index (χ1n) is 7.40. The van der Waals surface area contributed by atoms with Crippen LogP contribution in [0.3, 0.4) is 0 Å². The van der Waals surface area contributed by atoms with Crippen molar-refractivity contribution in [2.24, 2.45) is 0 Å². The number of carbonyl (C=O) groups excluding carboxylic acids is 2. The molecule has 1 aliphatic rings. The van der Waals surface area contributed by atoms with E-state index in [4.69, 9.17) is 4.74 Å². The topological polar surface area (TPSA) is 58.6 Å². The van der Waals surface area contributed by atoms with Gasteiger partial charge in [-0.1, -0.05) is 32.0 Å². The fraction of sp³-hybridized carbons (Fsp3) is 0.500. The molecule has 0 radical (unpaired) electrons. The maximum absolute atomic E-state index is 12.2. The lowest BCUT2D eigenvalue weighted by Gasteiger charge is -2.44. The van der Waals surface area contributed by atoms with Gasteiger partial charge in [0.1, 0.15) is 17.9 Å². The Morgan fingerprint density at radius 1 is 1.19 bits per heavy atom. The van der Waals surface area contributed by atoms with Crippen molar-refractivity contribution in [3.8, 4) is 5.75 Å². The number of benzene rings is 1. The summed E-state index contributed by atoms with van der Waals surface area (Å²) in [5.74, 6) is 0.659. The SMILES string of the molecule is CCC1(CC)C(=O)NCC(=O)N1CCOc1ccccc1. The largest absolute Gasteiger partial charge is 0.492 e. The first kappa shape index (κ1) is 15.4. The molecule has 1 N–H and O–H groups in total. The van der Waals surface area contributed by atoms with Crippen molar-refractivity contribution in [2.45, 2.75) is 32.2 Å². The van der Waals surface area contributed by atoms with E-state index in [2.05, 4.69) is 5.32 Å². The summed E-state index contributed by atoms with van der Waals surface area (Å²) in [5, 5.41) is 2.69. The van der Waals surface area contributed by atoms with Gasteiger partial charge in [0.05, 0.1) is 13.1 Å². The molecule has 1 saturated heterocycles. The van der Waals surface area contributed by atoms with Gasteiger partial charge in [0, 0.05) is 0 Å². The van der Waals surface area contributed by atoms with Gasteiger partial charge >= 0.3 is 0 Å². The van der Waals surface area contributed by atoms with Crippen LogP contribution >= 0.6 is 0 Å². The summed E-state index contributed by atoms with van der Waals surface area (Å²) in [6.07, 6.45) is 1.21. The molecule has 0 aromatic heterocycles. The van der Waals surface area contributed by atoms with E-state index in [0.717, 1.165) is 5.75 Å². The number of carbonyl (C=O) groups is 2. The van der Waals surface area contributed by atoms with Crippen LogP contribution in [0.15, 0.2) is 30.3 Å². The van der Waals surface area contributed by atoms with Crippen molar-refractivity contribution >= 4 is 11.8 Å². The number of hydrogen-bond acceptors (Lipinski definition) is 3. The normalized spacial score (nSPS) is 17.5. The third-order valence-corrected chi connectivity index (χ3v) is 4.14. The molecule has 114 valence electrons. The first-order chi connectivity index (χ1) is 10.1. The molecule has 1 heterocycles. The van der Waals surface area contributed by atoms with Crippen LogP contribution in [0.4, 0.5) is 0 Å². The summed E-state index contributed by atoms with van der Waals surface area (Å²) in [7, 11) is 0. The fourth-order valence-corrected chi connectivity index (χ4v) is 2.84. The van der Waals surface area contributed by atoms with E-state index in [1.165, 1.54) is 0 Å². The maximum Gasteiger partial charge on any atom is 0.246 e. The highest BCUT2D eigenvalue weighted by atomic mass is 16.5. The third-order valence-electron chi connectivity index (χ3n) is 4.14. The van der Waals surface area contributed by atoms with Gasteiger partial charge in [-0.2, -0.15) is 0 Å². The van der Waals surface area contributed by atoms with E-state index in [9.17, 15) is 9.59 Å². The number of nitrogens with one attached hydrogen (secondary N) is 1. The van der Waals surface area contributed by atoms with Crippen LogP contribution in [0.1, 0.15) is 26.7 Å². The standard InChI is InChI=1S/C16H22N2O3/c1-3-16(4-2)15(20)17-12-14(19)18(16)10-11-21-13-8-6-5-7-9-13/h5-9H,3-4,10-12H2,1-2H3,(H,17,20). The molecule has 0 spiro atoms. The molecule has 0 aliphatic carbocycles. The van der Waals surface area contributed by atoms with Gasteiger partial charge in [-0.15, -0.1) is 0 Å². The van der Waals surface area contributed by atoms with Crippen molar-refractivity contribution in [2.75, 3.05) is 19.7 Å². The number of ether oxygens (including phenoxy) is 1. The van der Waals surface area contributed by atoms with Crippen LogP contribution < -0.4 is 10.1 Å². The second kappa shape index (κ2) is 6.61. The van der Waals surface area contributed by atoms with E-state index in [-0.39, 0.29) is 18.4 Å². The van der Waals surface area contributed by atoms with Gasteiger partial charge in [0.25, 0.3) is 0 Å². The molecule has 1 aliphatic heterocycles. The second-order valence-electron chi connectivity index (χ2n) is 5.13. The van der Waals surface area contributed by atoms with Crippen LogP contribution in [0.2, 0.25) is 0 Å². The number of hydrogen-bond donors (Lipinski definition) is 1. The number of para-hydroxylation sites is 1. The summed E-state index contributed by atoms with van der Waals surface area (Å²) in [6.45, 7) is 4.75. The van der Waals surface area contributed by atoms with E-state index >= 15 is 0 Å². The predicted octanol–water partition coefficient (Wildman–Crippen LogP) is 1.58. The van der Waals surface area contributed by atoms with Gasteiger partial charge in [-0.25, -0.2) is 0 Å². The Morgan fingerprint density at radius 2 is 1.86 bits per heavy atom. The molecule has 1 fully saturated rings. The number of rotatable bonds is 6. The maximum atomic E-state index is 12.2.